The third-order valence-electron chi connectivity index (χ3n) is 4.44. The lowest BCUT2D eigenvalue weighted by molar-refractivity contribution is 0.0936. The van der Waals surface area contributed by atoms with Crippen LogP contribution < -0.4 is 5.32 Å². The van der Waals surface area contributed by atoms with Gasteiger partial charge in [0, 0.05) is 35.9 Å². The van der Waals surface area contributed by atoms with E-state index in [1.807, 2.05) is 0 Å². The second kappa shape index (κ2) is 6.68. The van der Waals surface area contributed by atoms with Gasteiger partial charge in [-0.1, -0.05) is 18.2 Å². The molecule has 0 saturated heterocycles. The minimum Gasteiger partial charge on any atom is -0.351 e. The number of benzene rings is 2. The van der Waals surface area contributed by atoms with Crippen molar-refractivity contribution < 1.29 is 13.6 Å². The first-order chi connectivity index (χ1) is 13.0. The van der Waals surface area contributed by atoms with Crippen molar-refractivity contribution in [1.82, 2.24) is 19.9 Å². The third-order valence-corrected chi connectivity index (χ3v) is 4.44. The number of imidazole rings is 1. The molecule has 4 rings (SSSR count). The van der Waals surface area contributed by atoms with Crippen molar-refractivity contribution in [3.8, 4) is 0 Å². The fourth-order valence-electron chi connectivity index (χ4n) is 3.08. The Labute approximate surface area is 153 Å². The molecule has 0 saturated carbocycles. The van der Waals surface area contributed by atoms with Gasteiger partial charge < -0.3 is 14.9 Å². The van der Waals surface area contributed by atoms with Gasteiger partial charge in [-0.05, 0) is 30.3 Å². The molecule has 2 heterocycles. The molecule has 1 amide bonds. The molecule has 7 heteroatoms. The molecule has 0 aliphatic rings. The van der Waals surface area contributed by atoms with Gasteiger partial charge in [0.2, 0.25) is 0 Å². The normalized spacial score (nSPS) is 12.3. The first-order valence-electron chi connectivity index (χ1n) is 8.34. The van der Waals surface area contributed by atoms with Crippen LogP contribution in [0.4, 0.5) is 8.78 Å². The Kier molecular flexibility index (Phi) is 4.19. The number of hydrogen-bond acceptors (Lipinski definition) is 2. The molecule has 27 heavy (non-hydrogen) atoms. The molecule has 2 aromatic heterocycles. The van der Waals surface area contributed by atoms with Crippen LogP contribution in [0, 0.1) is 11.6 Å². The summed E-state index contributed by atoms with van der Waals surface area (Å²) in [5.41, 5.74) is 1.20. The molecular formula is C20H16F2N4O. The second-order valence-corrected chi connectivity index (χ2v) is 6.24. The summed E-state index contributed by atoms with van der Waals surface area (Å²) >= 11 is 0. The van der Waals surface area contributed by atoms with Gasteiger partial charge in [0.1, 0.15) is 29.2 Å². The van der Waals surface area contributed by atoms with E-state index in [0.717, 1.165) is 0 Å². The van der Waals surface area contributed by atoms with E-state index in [9.17, 15) is 13.6 Å². The van der Waals surface area contributed by atoms with E-state index in [1.54, 1.807) is 54.3 Å². The van der Waals surface area contributed by atoms with Gasteiger partial charge in [-0.25, -0.2) is 13.8 Å². The number of carbonyl (C=O) groups is 1. The Morgan fingerprint density at radius 1 is 1.19 bits per heavy atom. The van der Waals surface area contributed by atoms with Crippen LogP contribution in [0.2, 0.25) is 0 Å². The predicted molar refractivity (Wildman–Crippen MR) is 97.2 cm³/mol. The molecule has 0 bridgehead atoms. The number of rotatable bonds is 4. The molecule has 1 atom stereocenters. The maximum Gasteiger partial charge on any atom is 0.268 e. The number of aromatic nitrogens is 3. The van der Waals surface area contributed by atoms with Crippen LogP contribution in [0.25, 0.3) is 10.9 Å². The Morgan fingerprint density at radius 2 is 2.00 bits per heavy atom. The van der Waals surface area contributed by atoms with Gasteiger partial charge in [-0.2, -0.15) is 0 Å². The minimum absolute atomic E-state index is 0.256. The van der Waals surface area contributed by atoms with Crippen LogP contribution in [0.1, 0.15) is 27.9 Å². The average molecular weight is 366 g/mol. The molecule has 0 aliphatic carbocycles. The lowest BCUT2D eigenvalue weighted by atomic mass is 10.1. The van der Waals surface area contributed by atoms with Crippen molar-refractivity contribution in [2.75, 3.05) is 0 Å². The molecular weight excluding hydrogens is 350 g/mol. The van der Waals surface area contributed by atoms with Crippen molar-refractivity contribution in [1.29, 1.82) is 0 Å². The van der Waals surface area contributed by atoms with Gasteiger partial charge in [0.05, 0.1) is 0 Å². The summed E-state index contributed by atoms with van der Waals surface area (Å²) < 4.78 is 29.5. The standard InChI is InChI=1S/C20H16F2N4O/c1-26-9-8-23-19(26)18(14-4-2-3-5-15(14)22)25-20(27)17-11-12-10-13(21)6-7-16(12)24-17/h2-11,18,24H,1H3,(H,25,27)/t18-/m1/s1. The van der Waals surface area contributed by atoms with Gasteiger partial charge in [0.25, 0.3) is 5.91 Å². The van der Waals surface area contributed by atoms with Crippen LogP contribution in [-0.2, 0) is 7.05 Å². The Balaban J connectivity index is 1.71. The molecule has 0 spiro atoms. The van der Waals surface area contributed by atoms with E-state index in [1.165, 1.54) is 18.2 Å². The van der Waals surface area contributed by atoms with Crippen molar-refractivity contribution >= 4 is 16.8 Å². The highest BCUT2D eigenvalue weighted by atomic mass is 19.1. The number of carbonyl (C=O) groups excluding carboxylic acids is 1. The zero-order valence-electron chi connectivity index (χ0n) is 14.4. The van der Waals surface area contributed by atoms with Crippen molar-refractivity contribution in [3.05, 3.63) is 89.6 Å². The summed E-state index contributed by atoms with van der Waals surface area (Å²) in [6.45, 7) is 0. The summed E-state index contributed by atoms with van der Waals surface area (Å²) in [4.78, 5) is 20.0. The Morgan fingerprint density at radius 3 is 2.74 bits per heavy atom. The number of hydrogen-bond donors (Lipinski definition) is 2. The second-order valence-electron chi connectivity index (χ2n) is 6.24. The first-order valence-corrected chi connectivity index (χ1v) is 8.34. The highest BCUT2D eigenvalue weighted by Gasteiger charge is 2.24. The average Bonchev–Trinajstić information content (AvgIpc) is 3.26. The van der Waals surface area contributed by atoms with Crippen molar-refractivity contribution in [3.63, 3.8) is 0 Å². The molecule has 4 aromatic rings. The Bertz CT molecular complexity index is 1130. The van der Waals surface area contributed by atoms with E-state index >= 15 is 0 Å². The molecule has 0 aliphatic heterocycles. The lowest BCUT2D eigenvalue weighted by Crippen LogP contribution is -2.31. The van der Waals surface area contributed by atoms with Crippen molar-refractivity contribution in [2.45, 2.75) is 6.04 Å². The number of nitrogens with zero attached hydrogens (tertiary/aromatic N) is 2. The maximum absolute atomic E-state index is 14.4. The van der Waals surface area contributed by atoms with Gasteiger partial charge in [-0.3, -0.25) is 4.79 Å². The first kappa shape index (κ1) is 17.0. The topological polar surface area (TPSA) is 62.7 Å². The summed E-state index contributed by atoms with van der Waals surface area (Å²) in [5, 5.41) is 3.40. The van der Waals surface area contributed by atoms with Gasteiger partial charge in [-0.15, -0.1) is 0 Å². The summed E-state index contributed by atoms with van der Waals surface area (Å²) in [7, 11) is 1.77. The zero-order chi connectivity index (χ0) is 19.0. The summed E-state index contributed by atoms with van der Waals surface area (Å²) in [5.74, 6) is -0.770. The van der Waals surface area contributed by atoms with Gasteiger partial charge in [0.15, 0.2) is 0 Å². The van der Waals surface area contributed by atoms with Crippen LogP contribution in [0.3, 0.4) is 0 Å². The monoisotopic (exact) mass is 366 g/mol. The smallest absolute Gasteiger partial charge is 0.268 e. The predicted octanol–water partition coefficient (Wildman–Crippen LogP) is 3.70. The van der Waals surface area contributed by atoms with Crippen molar-refractivity contribution in [2.24, 2.45) is 7.05 Å². The highest BCUT2D eigenvalue weighted by Crippen LogP contribution is 2.24. The van der Waals surface area contributed by atoms with Crippen LogP contribution >= 0.6 is 0 Å². The van der Waals surface area contributed by atoms with Gasteiger partial charge >= 0.3 is 0 Å². The van der Waals surface area contributed by atoms with Crippen LogP contribution in [0.5, 0.6) is 0 Å². The molecule has 0 unspecified atom stereocenters. The third kappa shape index (κ3) is 3.19. The summed E-state index contributed by atoms with van der Waals surface area (Å²) in [6, 6.07) is 11.2. The van der Waals surface area contributed by atoms with E-state index in [-0.39, 0.29) is 11.5 Å². The van der Waals surface area contributed by atoms with E-state index in [4.69, 9.17) is 0 Å². The fraction of sp³-hybridized carbons (Fsp3) is 0.100. The number of halogens is 2. The number of H-pyrrole nitrogens is 1. The molecule has 136 valence electrons. The molecule has 0 radical (unpaired) electrons. The zero-order valence-corrected chi connectivity index (χ0v) is 14.4. The maximum atomic E-state index is 14.4. The molecule has 2 aromatic carbocycles. The molecule has 5 nitrogen and oxygen atoms in total. The number of nitrogens with one attached hydrogen (secondary N) is 2. The van der Waals surface area contributed by atoms with E-state index in [2.05, 4.69) is 15.3 Å². The molecule has 2 N–H and O–H groups in total. The lowest BCUT2D eigenvalue weighted by Gasteiger charge is -2.19. The fourth-order valence-corrected chi connectivity index (χ4v) is 3.08. The largest absolute Gasteiger partial charge is 0.351 e. The quantitative estimate of drug-likeness (QED) is 0.579. The highest BCUT2D eigenvalue weighted by molar-refractivity contribution is 5.98. The summed E-state index contributed by atoms with van der Waals surface area (Å²) in [6.07, 6.45) is 3.31. The minimum atomic E-state index is -0.776. The SMILES string of the molecule is Cn1ccnc1[C@H](NC(=O)c1cc2cc(F)ccc2[nH]1)c1ccccc1F. The number of aryl methyl sites for hydroxylation is 1. The Hall–Kier alpha value is -3.48. The van der Waals surface area contributed by atoms with Crippen LogP contribution in [-0.4, -0.2) is 20.4 Å². The number of fused-ring (bicyclic) bond motifs is 1. The number of aromatic amines is 1. The van der Waals surface area contributed by atoms with Crippen LogP contribution in [0.15, 0.2) is 60.9 Å². The van der Waals surface area contributed by atoms with E-state index < -0.39 is 17.8 Å². The van der Waals surface area contributed by atoms with E-state index in [0.29, 0.717) is 22.3 Å². The molecule has 0 fully saturated rings. The number of amides is 1.